The molecule has 132 valence electrons. The van der Waals surface area contributed by atoms with Crippen LogP contribution in [0.4, 0.5) is 0 Å². The highest BCUT2D eigenvalue weighted by atomic mass is 16.5. The van der Waals surface area contributed by atoms with E-state index >= 15 is 0 Å². The molecule has 0 saturated carbocycles. The Balaban J connectivity index is 2.25. The average Bonchev–Trinajstić information content (AvgIpc) is 2.57. The van der Waals surface area contributed by atoms with E-state index in [0.29, 0.717) is 19.6 Å². The molecule has 0 aromatic heterocycles. The van der Waals surface area contributed by atoms with Crippen molar-refractivity contribution in [1.29, 1.82) is 0 Å². The fraction of sp³-hybridized carbons (Fsp3) is 0.600. The third-order valence-corrected chi connectivity index (χ3v) is 5.06. The van der Waals surface area contributed by atoms with Crippen LogP contribution in [0, 0.1) is 20.8 Å². The lowest BCUT2D eigenvalue weighted by Gasteiger charge is -2.36. The highest BCUT2D eigenvalue weighted by molar-refractivity contribution is 5.89. The minimum absolute atomic E-state index is 0.0270. The fourth-order valence-corrected chi connectivity index (χ4v) is 3.51. The van der Waals surface area contributed by atoms with Crippen molar-refractivity contribution in [3.8, 4) is 0 Å². The lowest BCUT2D eigenvalue weighted by atomic mass is 9.90. The van der Waals surface area contributed by atoms with Gasteiger partial charge in [-0.1, -0.05) is 12.1 Å². The van der Waals surface area contributed by atoms with Crippen LogP contribution >= 0.6 is 0 Å². The molecule has 1 fully saturated rings. The second kappa shape index (κ2) is 7.82. The second-order valence-corrected chi connectivity index (χ2v) is 6.81. The van der Waals surface area contributed by atoms with Crippen LogP contribution in [0.1, 0.15) is 61.3 Å². The molecular weight excluding hydrogens is 302 g/mol. The van der Waals surface area contributed by atoms with Gasteiger partial charge in [0.2, 0.25) is 5.91 Å². The van der Waals surface area contributed by atoms with Gasteiger partial charge in [-0.2, -0.15) is 0 Å². The van der Waals surface area contributed by atoms with Gasteiger partial charge in [0, 0.05) is 6.54 Å². The second-order valence-electron chi connectivity index (χ2n) is 6.81. The van der Waals surface area contributed by atoms with Gasteiger partial charge in [0.15, 0.2) is 0 Å². The molecule has 0 aliphatic carbocycles. The maximum absolute atomic E-state index is 13.1. The summed E-state index contributed by atoms with van der Waals surface area (Å²) in [4.78, 5) is 27.0. The van der Waals surface area contributed by atoms with Crippen molar-refractivity contribution in [2.24, 2.45) is 0 Å². The van der Waals surface area contributed by atoms with Crippen molar-refractivity contribution in [1.82, 2.24) is 4.90 Å². The zero-order chi connectivity index (χ0) is 17.9. The number of piperidine rings is 1. The number of rotatable bonds is 4. The first-order chi connectivity index (χ1) is 11.4. The van der Waals surface area contributed by atoms with Gasteiger partial charge in [0.05, 0.1) is 12.5 Å². The Labute approximate surface area is 145 Å². The molecule has 1 saturated heterocycles. The first-order valence-electron chi connectivity index (χ1n) is 8.91. The van der Waals surface area contributed by atoms with Gasteiger partial charge in [-0.15, -0.1) is 0 Å². The van der Waals surface area contributed by atoms with Gasteiger partial charge in [0.1, 0.15) is 6.04 Å². The number of amides is 1. The molecule has 1 amide bonds. The van der Waals surface area contributed by atoms with Crippen LogP contribution in [-0.4, -0.2) is 36.0 Å². The standard InChI is InChI=1S/C20H29NO3/c1-6-24-20(23)18-9-7-8-10-21(18)19(22)16(5)17-12-14(3)13(2)11-15(17)4/h11-12,16,18H,6-10H2,1-5H3. The van der Waals surface area contributed by atoms with Crippen molar-refractivity contribution < 1.29 is 14.3 Å². The molecule has 0 N–H and O–H groups in total. The van der Waals surface area contributed by atoms with Gasteiger partial charge in [-0.05, 0) is 76.1 Å². The number of ether oxygens (including phenoxy) is 1. The van der Waals surface area contributed by atoms with E-state index in [9.17, 15) is 9.59 Å². The van der Waals surface area contributed by atoms with E-state index < -0.39 is 6.04 Å². The largest absolute Gasteiger partial charge is 0.464 e. The highest BCUT2D eigenvalue weighted by Gasteiger charge is 2.35. The van der Waals surface area contributed by atoms with E-state index in [2.05, 4.69) is 26.0 Å². The number of carbonyl (C=O) groups is 2. The molecule has 1 heterocycles. The molecule has 1 aromatic rings. The molecule has 1 aliphatic heterocycles. The fourth-order valence-electron chi connectivity index (χ4n) is 3.51. The molecule has 2 unspecified atom stereocenters. The van der Waals surface area contributed by atoms with Crippen LogP contribution in [0.3, 0.4) is 0 Å². The summed E-state index contributed by atoms with van der Waals surface area (Å²) >= 11 is 0. The van der Waals surface area contributed by atoms with Crippen molar-refractivity contribution in [3.05, 3.63) is 34.4 Å². The van der Waals surface area contributed by atoms with Crippen LogP contribution < -0.4 is 0 Å². The Kier molecular flexibility index (Phi) is 6.03. The predicted octanol–water partition coefficient (Wildman–Crippen LogP) is 3.66. The number of benzene rings is 1. The van der Waals surface area contributed by atoms with Gasteiger partial charge in [-0.25, -0.2) is 4.79 Å². The molecule has 0 bridgehead atoms. The number of carbonyl (C=O) groups excluding carboxylic acids is 2. The normalized spacial score (nSPS) is 19.0. The summed E-state index contributed by atoms with van der Waals surface area (Å²) in [6.07, 6.45) is 2.60. The Hall–Kier alpha value is -1.84. The molecule has 1 aromatic carbocycles. The third-order valence-electron chi connectivity index (χ3n) is 5.06. The Morgan fingerprint density at radius 3 is 2.50 bits per heavy atom. The summed E-state index contributed by atoms with van der Waals surface area (Å²) in [7, 11) is 0. The number of esters is 1. The Morgan fingerprint density at radius 2 is 1.83 bits per heavy atom. The van der Waals surface area contributed by atoms with Crippen LogP contribution in [0.2, 0.25) is 0 Å². The van der Waals surface area contributed by atoms with Crippen LogP contribution in [0.25, 0.3) is 0 Å². The van der Waals surface area contributed by atoms with E-state index in [1.54, 1.807) is 11.8 Å². The topological polar surface area (TPSA) is 46.6 Å². The average molecular weight is 331 g/mol. The van der Waals surface area contributed by atoms with Gasteiger partial charge in [0.25, 0.3) is 0 Å². The molecule has 2 rings (SSSR count). The number of hydrogen-bond donors (Lipinski definition) is 0. The van der Waals surface area contributed by atoms with E-state index in [-0.39, 0.29) is 17.8 Å². The first-order valence-corrected chi connectivity index (χ1v) is 8.91. The molecule has 24 heavy (non-hydrogen) atoms. The van der Waals surface area contributed by atoms with Crippen LogP contribution in [-0.2, 0) is 14.3 Å². The SMILES string of the molecule is CCOC(=O)C1CCCCN1C(=O)C(C)c1cc(C)c(C)cc1C. The first kappa shape index (κ1) is 18.5. The smallest absolute Gasteiger partial charge is 0.328 e. The monoisotopic (exact) mass is 331 g/mol. The van der Waals surface area contributed by atoms with Gasteiger partial charge >= 0.3 is 5.97 Å². The molecule has 0 spiro atoms. The lowest BCUT2D eigenvalue weighted by molar-refractivity contribution is -0.157. The highest BCUT2D eigenvalue weighted by Crippen LogP contribution is 2.28. The minimum atomic E-state index is -0.430. The van der Waals surface area contributed by atoms with Gasteiger partial charge in [-0.3, -0.25) is 4.79 Å². The van der Waals surface area contributed by atoms with E-state index in [1.807, 2.05) is 13.8 Å². The quantitative estimate of drug-likeness (QED) is 0.791. The molecule has 1 aliphatic rings. The summed E-state index contributed by atoms with van der Waals surface area (Å²) < 4.78 is 5.17. The number of nitrogens with zero attached hydrogens (tertiary/aromatic N) is 1. The maximum Gasteiger partial charge on any atom is 0.328 e. The lowest BCUT2D eigenvalue weighted by Crippen LogP contribution is -2.50. The maximum atomic E-state index is 13.1. The van der Waals surface area contributed by atoms with Crippen molar-refractivity contribution >= 4 is 11.9 Å². The van der Waals surface area contributed by atoms with Crippen molar-refractivity contribution in [2.45, 2.75) is 65.8 Å². The summed E-state index contributed by atoms with van der Waals surface area (Å²) in [5.74, 6) is -0.493. The van der Waals surface area contributed by atoms with Crippen LogP contribution in [0.15, 0.2) is 12.1 Å². The van der Waals surface area contributed by atoms with Crippen molar-refractivity contribution in [3.63, 3.8) is 0 Å². The summed E-state index contributed by atoms with van der Waals surface area (Å²) in [6.45, 7) is 10.9. The van der Waals surface area contributed by atoms with E-state index in [4.69, 9.17) is 4.74 Å². The van der Waals surface area contributed by atoms with E-state index in [1.165, 1.54) is 11.1 Å². The van der Waals surface area contributed by atoms with Crippen LogP contribution in [0.5, 0.6) is 0 Å². The van der Waals surface area contributed by atoms with Crippen molar-refractivity contribution in [2.75, 3.05) is 13.2 Å². The number of aryl methyl sites for hydroxylation is 3. The summed E-state index contributed by atoms with van der Waals surface area (Å²) in [5, 5.41) is 0. The zero-order valence-electron chi connectivity index (χ0n) is 15.5. The Bertz CT molecular complexity index is 624. The molecule has 4 heteroatoms. The summed E-state index contributed by atoms with van der Waals surface area (Å²) in [6, 6.07) is 3.81. The Morgan fingerprint density at radius 1 is 1.17 bits per heavy atom. The number of hydrogen-bond acceptors (Lipinski definition) is 3. The number of likely N-dealkylation sites (tertiary alicyclic amines) is 1. The van der Waals surface area contributed by atoms with E-state index in [0.717, 1.165) is 24.0 Å². The molecule has 0 radical (unpaired) electrons. The molecular formula is C20H29NO3. The zero-order valence-corrected chi connectivity index (χ0v) is 15.5. The summed E-state index contributed by atoms with van der Waals surface area (Å²) in [5.41, 5.74) is 4.61. The minimum Gasteiger partial charge on any atom is -0.464 e. The predicted molar refractivity (Wildman–Crippen MR) is 95.1 cm³/mol. The molecule has 4 nitrogen and oxygen atoms in total. The van der Waals surface area contributed by atoms with Gasteiger partial charge < -0.3 is 9.64 Å². The third kappa shape index (κ3) is 3.80. The molecule has 2 atom stereocenters.